The van der Waals surface area contributed by atoms with E-state index in [-0.39, 0.29) is 34.9 Å². The molecule has 0 amide bonds. The van der Waals surface area contributed by atoms with Crippen molar-refractivity contribution in [3.05, 3.63) is 22.8 Å². The van der Waals surface area contributed by atoms with Gasteiger partial charge in [-0.25, -0.2) is 4.79 Å². The number of esters is 2. The number of Topliss-reactive ketones (excluding diaryl/α,β-unsaturated/α-hetero) is 1. The van der Waals surface area contributed by atoms with E-state index >= 15 is 0 Å². The van der Waals surface area contributed by atoms with Crippen molar-refractivity contribution in [3.63, 3.8) is 0 Å². The van der Waals surface area contributed by atoms with E-state index in [0.717, 1.165) is 24.8 Å². The molecular weight excluding hydrogens is 380 g/mol. The minimum absolute atomic E-state index is 0.0737. The number of hydrogen-bond acceptors (Lipinski definition) is 5. The predicted octanol–water partition coefficient (Wildman–Crippen LogP) is 3.95. The molecule has 0 aromatic heterocycles. The fourth-order valence-electron chi connectivity index (χ4n) is 6.76. The first-order valence-corrected chi connectivity index (χ1v) is 10.4. The summed E-state index contributed by atoms with van der Waals surface area (Å²) in [6, 6.07) is 0. The molecule has 1 aliphatic heterocycles. The maximum atomic E-state index is 12.7. The summed E-state index contributed by atoms with van der Waals surface area (Å²) in [7, 11) is 0. The zero-order valence-electron chi connectivity index (χ0n) is 16.8. The molecule has 28 heavy (non-hydrogen) atoms. The van der Waals surface area contributed by atoms with E-state index < -0.39 is 17.0 Å². The standard InChI is InChI=1S/C22H27ClO5/c1-12(24)22(28-13(2)25)8-6-16-14-9-18(23)17-10-19(26)27-11-20(17,3)15(14)5-7-21(16,22)4/h9-10,14-16H,5-8,11H2,1-4H3. The fourth-order valence-corrected chi connectivity index (χ4v) is 7.18. The average molecular weight is 407 g/mol. The SMILES string of the molecule is CC(=O)OC1(C(C)=O)CCC2C3C=C(Cl)C4=CC(=O)OCC4(C)C3CCC21C. The van der Waals surface area contributed by atoms with Gasteiger partial charge in [0, 0.05) is 28.9 Å². The van der Waals surface area contributed by atoms with Gasteiger partial charge >= 0.3 is 11.9 Å². The summed E-state index contributed by atoms with van der Waals surface area (Å²) >= 11 is 6.65. The molecule has 6 unspecified atom stereocenters. The van der Waals surface area contributed by atoms with Crippen LogP contribution in [0.1, 0.15) is 53.4 Å². The molecule has 0 N–H and O–H groups in total. The number of halogens is 1. The molecule has 3 aliphatic carbocycles. The van der Waals surface area contributed by atoms with Crippen molar-refractivity contribution in [3.8, 4) is 0 Å². The van der Waals surface area contributed by atoms with Gasteiger partial charge in [-0.05, 0) is 55.9 Å². The zero-order valence-corrected chi connectivity index (χ0v) is 17.6. The minimum Gasteiger partial charge on any atom is -0.462 e. The maximum Gasteiger partial charge on any atom is 0.331 e. The van der Waals surface area contributed by atoms with E-state index in [1.54, 1.807) is 0 Å². The first kappa shape index (κ1) is 19.7. The van der Waals surface area contributed by atoms with Crippen LogP contribution in [0.5, 0.6) is 0 Å². The summed E-state index contributed by atoms with van der Waals surface area (Å²) in [5.74, 6) is -0.221. The van der Waals surface area contributed by atoms with E-state index in [1.165, 1.54) is 19.9 Å². The van der Waals surface area contributed by atoms with E-state index in [0.29, 0.717) is 18.1 Å². The Morgan fingerprint density at radius 2 is 1.86 bits per heavy atom. The average Bonchev–Trinajstić information content (AvgIpc) is 2.90. The van der Waals surface area contributed by atoms with E-state index in [2.05, 4.69) is 19.9 Å². The maximum absolute atomic E-state index is 12.7. The lowest BCUT2D eigenvalue weighted by Gasteiger charge is -2.57. The quantitative estimate of drug-likeness (QED) is 0.649. The molecule has 0 spiro atoms. The van der Waals surface area contributed by atoms with Crippen LogP contribution in [0.3, 0.4) is 0 Å². The van der Waals surface area contributed by atoms with Gasteiger partial charge in [0.2, 0.25) is 0 Å². The van der Waals surface area contributed by atoms with Crippen LogP contribution in [-0.4, -0.2) is 29.9 Å². The highest BCUT2D eigenvalue weighted by molar-refractivity contribution is 6.32. The monoisotopic (exact) mass is 406 g/mol. The van der Waals surface area contributed by atoms with Crippen molar-refractivity contribution in [2.75, 3.05) is 6.61 Å². The summed E-state index contributed by atoms with van der Waals surface area (Å²) in [4.78, 5) is 36.4. The third-order valence-electron chi connectivity index (χ3n) is 8.15. The molecule has 0 saturated heterocycles. The third-order valence-corrected chi connectivity index (χ3v) is 8.47. The molecule has 2 saturated carbocycles. The molecule has 6 heteroatoms. The molecule has 5 nitrogen and oxygen atoms in total. The summed E-state index contributed by atoms with van der Waals surface area (Å²) in [6.07, 6.45) is 6.60. The Bertz CT molecular complexity index is 829. The largest absolute Gasteiger partial charge is 0.462 e. The molecule has 4 aliphatic rings. The van der Waals surface area contributed by atoms with E-state index in [4.69, 9.17) is 21.1 Å². The minimum atomic E-state index is -1.06. The Balaban J connectivity index is 1.79. The van der Waals surface area contributed by atoms with Crippen LogP contribution in [0.2, 0.25) is 0 Å². The van der Waals surface area contributed by atoms with Gasteiger partial charge in [-0.2, -0.15) is 0 Å². The number of ketones is 1. The van der Waals surface area contributed by atoms with Crippen molar-refractivity contribution < 1.29 is 23.9 Å². The van der Waals surface area contributed by atoms with Crippen LogP contribution in [-0.2, 0) is 23.9 Å². The number of fused-ring (bicyclic) bond motifs is 5. The molecule has 2 fully saturated rings. The van der Waals surface area contributed by atoms with Gasteiger partial charge in [-0.15, -0.1) is 0 Å². The first-order valence-electron chi connectivity index (χ1n) is 10.0. The zero-order chi connectivity index (χ0) is 20.5. The second-order valence-corrected chi connectivity index (χ2v) is 9.77. The Kier molecular flexibility index (Phi) is 4.35. The van der Waals surface area contributed by atoms with Gasteiger partial charge in [0.25, 0.3) is 0 Å². The van der Waals surface area contributed by atoms with Gasteiger partial charge in [0.15, 0.2) is 11.4 Å². The normalized spacial score (nSPS) is 44.3. The van der Waals surface area contributed by atoms with Crippen LogP contribution in [0.4, 0.5) is 0 Å². The van der Waals surface area contributed by atoms with Crippen molar-refractivity contribution in [2.24, 2.45) is 28.6 Å². The molecule has 0 radical (unpaired) electrons. The van der Waals surface area contributed by atoms with Gasteiger partial charge in [0.1, 0.15) is 6.61 Å². The van der Waals surface area contributed by atoms with E-state index in [9.17, 15) is 14.4 Å². The van der Waals surface area contributed by atoms with Crippen molar-refractivity contribution in [2.45, 2.75) is 59.0 Å². The van der Waals surface area contributed by atoms with Crippen molar-refractivity contribution >= 4 is 29.3 Å². The van der Waals surface area contributed by atoms with Gasteiger partial charge < -0.3 is 9.47 Å². The second kappa shape index (κ2) is 6.19. The molecule has 4 rings (SSSR count). The van der Waals surface area contributed by atoms with Crippen LogP contribution >= 0.6 is 11.6 Å². The summed E-state index contributed by atoms with van der Waals surface area (Å²) in [5, 5.41) is 0.609. The summed E-state index contributed by atoms with van der Waals surface area (Å²) in [6.45, 7) is 7.46. The molecule has 6 atom stereocenters. The smallest absolute Gasteiger partial charge is 0.331 e. The lowest BCUT2D eigenvalue weighted by atomic mass is 9.49. The van der Waals surface area contributed by atoms with Crippen LogP contribution in [0.15, 0.2) is 22.8 Å². The summed E-state index contributed by atoms with van der Waals surface area (Å²) < 4.78 is 11.2. The number of carbonyl (C=O) groups is 3. The van der Waals surface area contributed by atoms with Crippen LogP contribution in [0.25, 0.3) is 0 Å². The topological polar surface area (TPSA) is 69.7 Å². The molecular formula is C22H27ClO5. The lowest BCUT2D eigenvalue weighted by Crippen LogP contribution is -2.58. The Hall–Kier alpha value is -1.62. The Morgan fingerprint density at radius 1 is 1.18 bits per heavy atom. The number of allylic oxidation sites excluding steroid dienone is 2. The third kappa shape index (κ3) is 2.41. The first-order chi connectivity index (χ1) is 13.0. The van der Waals surface area contributed by atoms with Crippen molar-refractivity contribution in [1.29, 1.82) is 0 Å². The lowest BCUT2D eigenvalue weighted by molar-refractivity contribution is -0.185. The Labute approximate surface area is 170 Å². The van der Waals surface area contributed by atoms with Gasteiger partial charge in [-0.3, -0.25) is 9.59 Å². The van der Waals surface area contributed by atoms with Gasteiger partial charge in [0.05, 0.1) is 0 Å². The molecule has 1 heterocycles. The highest BCUT2D eigenvalue weighted by atomic mass is 35.5. The number of rotatable bonds is 2. The Morgan fingerprint density at radius 3 is 2.50 bits per heavy atom. The second-order valence-electron chi connectivity index (χ2n) is 9.36. The molecule has 0 aromatic rings. The predicted molar refractivity (Wildman–Crippen MR) is 103 cm³/mol. The van der Waals surface area contributed by atoms with Crippen LogP contribution < -0.4 is 0 Å². The van der Waals surface area contributed by atoms with Crippen molar-refractivity contribution in [1.82, 2.24) is 0 Å². The molecule has 0 aromatic carbocycles. The van der Waals surface area contributed by atoms with Gasteiger partial charge in [-0.1, -0.05) is 31.5 Å². The molecule has 0 bridgehead atoms. The number of carbonyl (C=O) groups excluding carboxylic acids is 3. The number of ether oxygens (including phenoxy) is 2. The fraction of sp³-hybridized carbons (Fsp3) is 0.682. The number of cyclic esters (lactones) is 1. The highest BCUT2D eigenvalue weighted by Gasteiger charge is 2.67. The van der Waals surface area contributed by atoms with E-state index in [1.807, 2.05) is 0 Å². The number of hydrogen-bond donors (Lipinski definition) is 0. The van der Waals surface area contributed by atoms with Crippen LogP contribution in [0, 0.1) is 28.6 Å². The highest BCUT2D eigenvalue weighted by Crippen LogP contribution is 2.67. The summed E-state index contributed by atoms with van der Waals surface area (Å²) in [5.41, 5.74) is -0.951. The molecule has 152 valence electrons.